The van der Waals surface area contributed by atoms with Crippen LogP contribution in [-0.4, -0.2) is 9.78 Å². The molecule has 0 saturated heterocycles. The second kappa shape index (κ2) is 6.69. The summed E-state index contributed by atoms with van der Waals surface area (Å²) in [6, 6.07) is 3.87. The molecule has 3 nitrogen and oxygen atoms in total. The summed E-state index contributed by atoms with van der Waals surface area (Å²) in [6.07, 6.45) is 0. The second-order valence-electron chi connectivity index (χ2n) is 4.28. The highest BCUT2D eigenvalue weighted by atomic mass is 79.9. The number of nitrogens with zero attached hydrogens (tertiary/aromatic N) is 2. The minimum Gasteiger partial charge on any atom is -0.485 e. The molecular weight excluding hydrogens is 431 g/mol. The maximum atomic E-state index is 6.20. The van der Waals surface area contributed by atoms with Crippen molar-refractivity contribution in [2.75, 3.05) is 0 Å². The van der Waals surface area contributed by atoms with Crippen molar-refractivity contribution in [3.05, 3.63) is 43.1 Å². The van der Waals surface area contributed by atoms with E-state index in [9.17, 15) is 0 Å². The molecule has 0 aliphatic heterocycles. The Morgan fingerprint density at radius 2 is 1.90 bits per heavy atom. The Labute approximate surface area is 144 Å². The molecule has 0 atom stereocenters. The van der Waals surface area contributed by atoms with Crippen LogP contribution in [0.2, 0.25) is 5.02 Å². The minimum absolute atomic E-state index is 0.341. The van der Waals surface area contributed by atoms with Crippen molar-refractivity contribution in [2.45, 2.75) is 19.4 Å². The molecule has 2 rings (SSSR count). The van der Waals surface area contributed by atoms with Gasteiger partial charge >= 0.3 is 0 Å². The van der Waals surface area contributed by atoms with E-state index in [0.717, 1.165) is 25.9 Å². The first-order valence-corrected chi connectivity index (χ1v) is 8.28. The summed E-state index contributed by atoms with van der Waals surface area (Å²) in [7, 11) is 1.85. The summed E-state index contributed by atoms with van der Waals surface area (Å²) in [4.78, 5) is 0. The third-order valence-electron chi connectivity index (χ3n) is 2.83. The van der Waals surface area contributed by atoms with Crippen LogP contribution in [0, 0.1) is 6.92 Å². The Kier molecular flexibility index (Phi) is 5.40. The molecule has 0 aliphatic rings. The van der Waals surface area contributed by atoms with Gasteiger partial charge in [0.05, 0.1) is 25.4 Å². The van der Waals surface area contributed by atoms with Gasteiger partial charge in [-0.2, -0.15) is 5.10 Å². The number of aryl methyl sites for hydroxylation is 2. The molecule has 0 unspecified atom stereocenters. The molecule has 108 valence electrons. The standard InChI is InChI=1S/C13H12Br2Cl2N2O/c1-7-12(17)11(19(2)18-7)6-20-13-9(14)3-8(5-16)4-10(13)15/h3-4H,5-6H2,1-2H3. The van der Waals surface area contributed by atoms with Gasteiger partial charge in [0, 0.05) is 12.9 Å². The van der Waals surface area contributed by atoms with E-state index >= 15 is 0 Å². The zero-order valence-corrected chi connectivity index (χ0v) is 15.6. The normalized spacial score (nSPS) is 10.9. The van der Waals surface area contributed by atoms with Crippen LogP contribution >= 0.6 is 55.1 Å². The smallest absolute Gasteiger partial charge is 0.148 e. The average Bonchev–Trinajstić information content (AvgIpc) is 2.63. The molecule has 7 heteroatoms. The highest BCUT2D eigenvalue weighted by Gasteiger charge is 2.14. The van der Waals surface area contributed by atoms with Gasteiger partial charge in [0.1, 0.15) is 12.4 Å². The SMILES string of the molecule is Cc1nn(C)c(COc2c(Br)cc(CCl)cc2Br)c1Cl. The number of halogens is 4. The van der Waals surface area contributed by atoms with Crippen LogP contribution in [-0.2, 0) is 19.5 Å². The van der Waals surface area contributed by atoms with Crippen molar-refractivity contribution >= 4 is 55.1 Å². The maximum Gasteiger partial charge on any atom is 0.148 e. The molecule has 1 heterocycles. The zero-order chi connectivity index (χ0) is 14.9. The molecule has 2 aromatic rings. The third kappa shape index (κ3) is 3.32. The molecule has 1 aromatic carbocycles. The number of ether oxygens (including phenoxy) is 1. The predicted octanol–water partition coefficient (Wildman–Crippen LogP) is 5.22. The predicted molar refractivity (Wildman–Crippen MR) is 88.7 cm³/mol. The van der Waals surface area contributed by atoms with E-state index in [1.165, 1.54) is 0 Å². The van der Waals surface area contributed by atoms with Gasteiger partial charge in [0.2, 0.25) is 0 Å². The molecule has 0 saturated carbocycles. The largest absolute Gasteiger partial charge is 0.485 e. The summed E-state index contributed by atoms with van der Waals surface area (Å²) in [6.45, 7) is 2.21. The van der Waals surface area contributed by atoms with Gasteiger partial charge in [0.15, 0.2) is 0 Å². The van der Waals surface area contributed by atoms with Crippen molar-refractivity contribution in [3.63, 3.8) is 0 Å². The fraction of sp³-hybridized carbons (Fsp3) is 0.308. The summed E-state index contributed by atoms with van der Waals surface area (Å²) in [5.41, 5.74) is 2.64. The molecule has 1 aromatic heterocycles. The summed E-state index contributed by atoms with van der Waals surface area (Å²) in [5, 5.41) is 4.90. The number of hydrogen-bond acceptors (Lipinski definition) is 2. The van der Waals surface area contributed by atoms with Crippen LogP contribution in [0.15, 0.2) is 21.1 Å². The Morgan fingerprint density at radius 3 is 2.35 bits per heavy atom. The molecule has 0 amide bonds. The molecule has 20 heavy (non-hydrogen) atoms. The fourth-order valence-corrected chi connectivity index (χ4v) is 3.68. The molecule has 0 radical (unpaired) electrons. The van der Waals surface area contributed by atoms with Gasteiger partial charge in [-0.05, 0) is 56.5 Å². The molecule has 0 spiro atoms. The summed E-state index contributed by atoms with van der Waals surface area (Å²) in [5.74, 6) is 1.17. The minimum atomic E-state index is 0.341. The lowest BCUT2D eigenvalue weighted by atomic mass is 10.2. The highest BCUT2D eigenvalue weighted by Crippen LogP contribution is 2.36. The summed E-state index contributed by atoms with van der Waals surface area (Å²) < 4.78 is 9.26. The van der Waals surface area contributed by atoms with Crippen molar-refractivity contribution in [1.29, 1.82) is 0 Å². The summed E-state index contributed by atoms with van der Waals surface area (Å²) >= 11 is 19.0. The van der Waals surface area contributed by atoms with Crippen LogP contribution < -0.4 is 4.74 Å². The first kappa shape index (κ1) is 16.1. The van der Waals surface area contributed by atoms with E-state index in [0.29, 0.717) is 23.3 Å². The van der Waals surface area contributed by atoms with E-state index in [1.54, 1.807) is 4.68 Å². The Balaban J connectivity index is 2.23. The number of alkyl halides is 1. The van der Waals surface area contributed by atoms with E-state index in [1.807, 2.05) is 26.1 Å². The van der Waals surface area contributed by atoms with Crippen LogP contribution in [0.25, 0.3) is 0 Å². The number of benzene rings is 1. The second-order valence-corrected chi connectivity index (χ2v) is 6.63. The van der Waals surface area contributed by atoms with Crippen molar-refractivity contribution < 1.29 is 4.74 Å². The van der Waals surface area contributed by atoms with Crippen molar-refractivity contribution in [1.82, 2.24) is 9.78 Å². The lowest BCUT2D eigenvalue weighted by Crippen LogP contribution is -2.04. The monoisotopic (exact) mass is 440 g/mol. The number of aromatic nitrogens is 2. The average molecular weight is 443 g/mol. The third-order valence-corrected chi connectivity index (χ3v) is 4.81. The fourth-order valence-electron chi connectivity index (χ4n) is 1.80. The van der Waals surface area contributed by atoms with Gasteiger partial charge in [-0.1, -0.05) is 11.6 Å². The van der Waals surface area contributed by atoms with Crippen molar-refractivity contribution in [3.8, 4) is 5.75 Å². The Morgan fingerprint density at radius 1 is 1.30 bits per heavy atom. The van der Waals surface area contributed by atoms with E-state index < -0.39 is 0 Å². The van der Waals surface area contributed by atoms with Crippen LogP contribution in [0.1, 0.15) is 17.0 Å². The number of rotatable bonds is 4. The van der Waals surface area contributed by atoms with Gasteiger partial charge in [-0.25, -0.2) is 0 Å². The Bertz CT molecular complexity index is 621. The van der Waals surface area contributed by atoms with Crippen LogP contribution in [0.5, 0.6) is 5.75 Å². The van der Waals surface area contributed by atoms with Crippen LogP contribution in [0.4, 0.5) is 0 Å². The van der Waals surface area contributed by atoms with E-state index in [-0.39, 0.29) is 0 Å². The first-order chi connectivity index (χ1) is 9.43. The molecule has 0 fully saturated rings. The number of hydrogen-bond donors (Lipinski definition) is 0. The zero-order valence-electron chi connectivity index (χ0n) is 10.9. The van der Waals surface area contributed by atoms with Gasteiger partial charge in [0.25, 0.3) is 0 Å². The highest BCUT2D eigenvalue weighted by molar-refractivity contribution is 9.11. The van der Waals surface area contributed by atoms with E-state index in [4.69, 9.17) is 27.9 Å². The van der Waals surface area contributed by atoms with Crippen LogP contribution in [0.3, 0.4) is 0 Å². The van der Waals surface area contributed by atoms with E-state index in [2.05, 4.69) is 37.0 Å². The van der Waals surface area contributed by atoms with Gasteiger partial charge in [-0.15, -0.1) is 11.6 Å². The van der Waals surface area contributed by atoms with Crippen molar-refractivity contribution in [2.24, 2.45) is 7.05 Å². The lowest BCUT2D eigenvalue weighted by Gasteiger charge is -2.12. The molecule has 0 aliphatic carbocycles. The molecule has 0 N–H and O–H groups in total. The topological polar surface area (TPSA) is 27.1 Å². The lowest BCUT2D eigenvalue weighted by molar-refractivity contribution is 0.291. The quantitative estimate of drug-likeness (QED) is 0.606. The van der Waals surface area contributed by atoms with Gasteiger partial charge in [-0.3, -0.25) is 4.68 Å². The molecule has 0 bridgehead atoms. The van der Waals surface area contributed by atoms with Gasteiger partial charge < -0.3 is 4.74 Å². The first-order valence-electron chi connectivity index (χ1n) is 5.78. The maximum absolute atomic E-state index is 6.20. The molecular formula is C13H12Br2Cl2N2O. The Hall–Kier alpha value is -0.230.